The van der Waals surface area contributed by atoms with Crippen LogP contribution in [0.25, 0.3) is 11.0 Å². The van der Waals surface area contributed by atoms with E-state index in [2.05, 4.69) is 9.88 Å². The van der Waals surface area contributed by atoms with Crippen LogP contribution in [0.2, 0.25) is 5.02 Å². The first-order chi connectivity index (χ1) is 10.7. The van der Waals surface area contributed by atoms with Crippen molar-refractivity contribution >= 4 is 22.6 Å². The topological polar surface area (TPSA) is 41.0 Å². The Balaban J connectivity index is 1.56. The molecule has 2 fully saturated rings. The molecule has 0 amide bonds. The zero-order valence-electron chi connectivity index (χ0n) is 12.7. The van der Waals surface area contributed by atoms with Crippen LogP contribution in [0.15, 0.2) is 23.0 Å². The van der Waals surface area contributed by atoms with Gasteiger partial charge in [0, 0.05) is 30.2 Å². The van der Waals surface area contributed by atoms with Gasteiger partial charge in [0.25, 0.3) is 0 Å². The van der Waals surface area contributed by atoms with Crippen LogP contribution < -0.4 is 5.69 Å². The van der Waals surface area contributed by atoms with Crippen LogP contribution in [0, 0.1) is 0 Å². The minimum Gasteiger partial charge on any atom is -0.305 e. The highest BCUT2D eigenvalue weighted by Crippen LogP contribution is 2.30. The Bertz CT molecular complexity index is 721. The Morgan fingerprint density at radius 1 is 1.05 bits per heavy atom. The number of hydrogen-bond donors (Lipinski definition) is 1. The van der Waals surface area contributed by atoms with E-state index in [1.54, 1.807) is 0 Å². The van der Waals surface area contributed by atoms with Crippen molar-refractivity contribution in [2.45, 2.75) is 50.6 Å². The van der Waals surface area contributed by atoms with Crippen molar-refractivity contribution in [2.24, 2.45) is 0 Å². The van der Waals surface area contributed by atoms with Gasteiger partial charge in [0.05, 0.1) is 11.0 Å². The maximum atomic E-state index is 12.3. The van der Waals surface area contributed by atoms with E-state index < -0.39 is 0 Å². The van der Waals surface area contributed by atoms with Gasteiger partial charge in [-0.1, -0.05) is 24.4 Å². The molecule has 0 bridgehead atoms. The molecular weight excluding hydrogens is 298 g/mol. The molecule has 22 heavy (non-hydrogen) atoms. The van der Waals surface area contributed by atoms with Gasteiger partial charge in [-0.05, 0) is 43.9 Å². The molecule has 1 aromatic heterocycles. The van der Waals surface area contributed by atoms with E-state index in [0.717, 1.165) is 43.0 Å². The molecule has 0 radical (unpaired) electrons. The van der Waals surface area contributed by atoms with Crippen molar-refractivity contribution < 1.29 is 0 Å². The number of hydrogen-bond acceptors (Lipinski definition) is 2. The number of piperidine rings is 1. The van der Waals surface area contributed by atoms with Crippen molar-refractivity contribution in [3.05, 3.63) is 33.7 Å². The maximum absolute atomic E-state index is 12.3. The number of nitrogens with one attached hydrogen (secondary N) is 1. The van der Waals surface area contributed by atoms with E-state index in [0.29, 0.717) is 11.1 Å². The largest absolute Gasteiger partial charge is 0.326 e. The quantitative estimate of drug-likeness (QED) is 0.919. The lowest BCUT2D eigenvalue weighted by Gasteiger charge is -2.36. The van der Waals surface area contributed by atoms with Gasteiger partial charge in [0.2, 0.25) is 0 Å². The second kappa shape index (κ2) is 5.74. The lowest BCUT2D eigenvalue weighted by Crippen LogP contribution is -2.41. The summed E-state index contributed by atoms with van der Waals surface area (Å²) >= 11 is 6.02. The molecule has 2 heterocycles. The fraction of sp³-hybridized carbons (Fsp3) is 0.588. The second-order valence-electron chi connectivity index (χ2n) is 6.67. The predicted octanol–water partition coefficient (Wildman–Crippen LogP) is 3.56. The van der Waals surface area contributed by atoms with Crippen LogP contribution in [0.4, 0.5) is 0 Å². The summed E-state index contributed by atoms with van der Waals surface area (Å²) in [6.07, 6.45) is 7.60. The molecule has 4 nitrogen and oxygen atoms in total. The molecule has 1 saturated heterocycles. The minimum absolute atomic E-state index is 0.00316. The lowest BCUT2D eigenvalue weighted by atomic mass is 10.0. The van der Waals surface area contributed by atoms with Gasteiger partial charge >= 0.3 is 5.69 Å². The zero-order valence-corrected chi connectivity index (χ0v) is 13.5. The third kappa shape index (κ3) is 2.48. The summed E-state index contributed by atoms with van der Waals surface area (Å²) in [5.74, 6) is 0. The number of H-pyrrole nitrogens is 1. The molecule has 1 saturated carbocycles. The zero-order chi connectivity index (χ0) is 15.1. The van der Waals surface area contributed by atoms with E-state index in [-0.39, 0.29) is 5.69 Å². The number of aromatic amines is 1. The minimum atomic E-state index is -0.00316. The molecule has 5 heteroatoms. The van der Waals surface area contributed by atoms with Crippen LogP contribution in [-0.4, -0.2) is 33.6 Å². The predicted molar refractivity (Wildman–Crippen MR) is 89.7 cm³/mol. The van der Waals surface area contributed by atoms with E-state index in [9.17, 15) is 4.79 Å². The fourth-order valence-corrected chi connectivity index (χ4v) is 4.42. The van der Waals surface area contributed by atoms with E-state index in [1.165, 1.54) is 25.7 Å². The summed E-state index contributed by atoms with van der Waals surface area (Å²) in [6.45, 7) is 2.23. The number of rotatable bonds is 2. The van der Waals surface area contributed by atoms with Crippen molar-refractivity contribution in [3.63, 3.8) is 0 Å². The summed E-state index contributed by atoms with van der Waals surface area (Å²) in [7, 11) is 0. The summed E-state index contributed by atoms with van der Waals surface area (Å²) in [5, 5.41) is 0.664. The van der Waals surface area contributed by atoms with Crippen LogP contribution >= 0.6 is 11.6 Å². The molecular formula is C17H22ClN3O. The number of aromatic nitrogens is 2. The SMILES string of the molecule is O=c1[nH]c2cc(Cl)ccc2n1C1CCN(C2CCCC2)CC1. The Hall–Kier alpha value is -1.26. The molecule has 1 N–H and O–H groups in total. The number of benzene rings is 1. The van der Waals surface area contributed by atoms with Crippen LogP contribution in [0.1, 0.15) is 44.6 Å². The first kappa shape index (κ1) is 14.3. The van der Waals surface area contributed by atoms with Gasteiger partial charge in [-0.15, -0.1) is 0 Å². The molecule has 1 aliphatic heterocycles. The lowest BCUT2D eigenvalue weighted by molar-refractivity contribution is 0.137. The number of halogens is 1. The molecule has 1 aromatic carbocycles. The molecule has 4 rings (SSSR count). The summed E-state index contributed by atoms with van der Waals surface area (Å²) in [4.78, 5) is 17.9. The monoisotopic (exact) mass is 319 g/mol. The van der Waals surface area contributed by atoms with Crippen LogP contribution in [0.3, 0.4) is 0 Å². The number of likely N-dealkylation sites (tertiary alicyclic amines) is 1. The molecule has 2 aliphatic rings. The smallest absolute Gasteiger partial charge is 0.305 e. The number of fused-ring (bicyclic) bond motifs is 1. The molecule has 0 atom stereocenters. The molecule has 1 aliphatic carbocycles. The number of nitrogens with zero attached hydrogens (tertiary/aromatic N) is 2. The summed E-state index contributed by atoms with van der Waals surface area (Å²) < 4.78 is 1.94. The van der Waals surface area contributed by atoms with Gasteiger partial charge in [0.1, 0.15) is 0 Å². The number of imidazole rings is 1. The Kier molecular flexibility index (Phi) is 3.74. The van der Waals surface area contributed by atoms with Crippen LogP contribution in [-0.2, 0) is 0 Å². The first-order valence-corrected chi connectivity index (χ1v) is 8.74. The first-order valence-electron chi connectivity index (χ1n) is 8.36. The molecule has 118 valence electrons. The van der Waals surface area contributed by atoms with Gasteiger partial charge in [-0.2, -0.15) is 0 Å². The fourth-order valence-electron chi connectivity index (χ4n) is 4.24. The third-order valence-corrected chi connectivity index (χ3v) is 5.62. The summed E-state index contributed by atoms with van der Waals surface area (Å²) in [5.41, 5.74) is 1.82. The van der Waals surface area contributed by atoms with Crippen molar-refractivity contribution in [2.75, 3.05) is 13.1 Å². The molecule has 2 aromatic rings. The van der Waals surface area contributed by atoms with E-state index >= 15 is 0 Å². The highest BCUT2D eigenvalue weighted by Gasteiger charge is 2.28. The van der Waals surface area contributed by atoms with Crippen molar-refractivity contribution in [3.8, 4) is 0 Å². The maximum Gasteiger partial charge on any atom is 0.326 e. The average molecular weight is 320 g/mol. The summed E-state index contributed by atoms with van der Waals surface area (Å²) in [6, 6.07) is 6.75. The molecule has 0 spiro atoms. The third-order valence-electron chi connectivity index (χ3n) is 5.38. The Morgan fingerprint density at radius 2 is 1.77 bits per heavy atom. The van der Waals surface area contributed by atoms with Gasteiger partial charge in [-0.25, -0.2) is 4.79 Å². The van der Waals surface area contributed by atoms with Gasteiger partial charge in [0.15, 0.2) is 0 Å². The van der Waals surface area contributed by atoms with Crippen LogP contribution in [0.5, 0.6) is 0 Å². The highest BCUT2D eigenvalue weighted by molar-refractivity contribution is 6.31. The highest BCUT2D eigenvalue weighted by atomic mass is 35.5. The Labute approximate surface area is 135 Å². The Morgan fingerprint density at radius 3 is 2.50 bits per heavy atom. The van der Waals surface area contributed by atoms with E-state index in [1.807, 2.05) is 22.8 Å². The average Bonchev–Trinajstić information content (AvgIpc) is 3.14. The second-order valence-corrected chi connectivity index (χ2v) is 7.10. The van der Waals surface area contributed by atoms with E-state index in [4.69, 9.17) is 11.6 Å². The van der Waals surface area contributed by atoms with Crippen molar-refractivity contribution in [1.82, 2.24) is 14.5 Å². The van der Waals surface area contributed by atoms with Gasteiger partial charge < -0.3 is 9.88 Å². The standard InChI is InChI=1S/C17H22ClN3O/c18-12-5-6-16-15(11-12)19-17(22)21(16)14-7-9-20(10-8-14)13-3-1-2-4-13/h5-6,11,13-14H,1-4,7-10H2,(H,19,22). The normalized spacial score (nSPS) is 21.9. The van der Waals surface area contributed by atoms with Gasteiger partial charge in [-0.3, -0.25) is 4.57 Å². The molecule has 0 unspecified atom stereocenters. The van der Waals surface area contributed by atoms with Crippen molar-refractivity contribution in [1.29, 1.82) is 0 Å².